The third kappa shape index (κ3) is 6.36. The molecule has 7 heteroatoms. The number of methoxy groups -OCH3 is 1. The topological polar surface area (TPSA) is 91.4 Å². The van der Waals surface area contributed by atoms with E-state index in [1.165, 1.54) is 5.56 Å². The highest BCUT2D eigenvalue weighted by Gasteiger charge is 2.15. The lowest BCUT2D eigenvalue weighted by atomic mass is 10.1. The summed E-state index contributed by atoms with van der Waals surface area (Å²) in [6, 6.07) is 16.7. The molecule has 3 rings (SSSR count). The summed E-state index contributed by atoms with van der Waals surface area (Å²) >= 11 is 0. The molecule has 0 aliphatic carbocycles. The van der Waals surface area contributed by atoms with E-state index in [1.54, 1.807) is 13.4 Å². The minimum absolute atomic E-state index is 0.221. The molecule has 2 aromatic carbocycles. The number of hydrogen-bond acceptors (Lipinski definition) is 5. The van der Waals surface area contributed by atoms with Gasteiger partial charge in [0.15, 0.2) is 0 Å². The summed E-state index contributed by atoms with van der Waals surface area (Å²) in [4.78, 5) is 16.6. The van der Waals surface area contributed by atoms with Crippen molar-refractivity contribution < 1.29 is 14.3 Å². The first-order valence-corrected chi connectivity index (χ1v) is 9.49. The van der Waals surface area contributed by atoms with Crippen LogP contribution >= 0.6 is 0 Å². The van der Waals surface area contributed by atoms with E-state index in [4.69, 9.17) is 15.2 Å². The van der Waals surface area contributed by atoms with Crippen LogP contribution < -0.4 is 20.5 Å². The number of nitrogens with zero attached hydrogens (tertiary/aromatic N) is 2. The first-order chi connectivity index (χ1) is 14.1. The summed E-state index contributed by atoms with van der Waals surface area (Å²) < 4.78 is 12.7. The molecule has 0 aliphatic rings. The molecule has 0 saturated carbocycles. The molecule has 7 nitrogen and oxygen atoms in total. The molecule has 0 fully saturated rings. The number of rotatable bonds is 10. The predicted molar refractivity (Wildman–Crippen MR) is 111 cm³/mol. The SMILES string of the molecule is COc1ccc(OCCNC(=O)[C@@H](N)Cc2cn(Cc3ccccc3)cn2)cc1. The lowest BCUT2D eigenvalue weighted by Gasteiger charge is -2.12. The molecule has 0 aliphatic heterocycles. The maximum Gasteiger partial charge on any atom is 0.237 e. The van der Waals surface area contributed by atoms with Crippen molar-refractivity contribution in [2.45, 2.75) is 19.0 Å². The maximum atomic E-state index is 12.2. The van der Waals surface area contributed by atoms with E-state index in [-0.39, 0.29) is 5.91 Å². The normalized spacial score (nSPS) is 11.7. The van der Waals surface area contributed by atoms with E-state index >= 15 is 0 Å². The summed E-state index contributed by atoms with van der Waals surface area (Å²) in [6.45, 7) is 1.47. The van der Waals surface area contributed by atoms with Crippen molar-refractivity contribution in [1.29, 1.82) is 0 Å². The molecule has 1 heterocycles. The highest BCUT2D eigenvalue weighted by atomic mass is 16.5. The Labute approximate surface area is 170 Å². The van der Waals surface area contributed by atoms with Crippen LogP contribution in [-0.2, 0) is 17.8 Å². The summed E-state index contributed by atoms with van der Waals surface area (Å²) in [7, 11) is 1.61. The number of amides is 1. The summed E-state index contributed by atoms with van der Waals surface area (Å²) in [5, 5.41) is 2.79. The molecular formula is C22H26N4O3. The molecular weight excluding hydrogens is 368 g/mol. The number of carbonyl (C=O) groups is 1. The van der Waals surface area contributed by atoms with E-state index in [1.807, 2.05) is 53.2 Å². The van der Waals surface area contributed by atoms with Crippen molar-refractivity contribution in [3.8, 4) is 11.5 Å². The number of nitrogens with two attached hydrogens (primary N) is 1. The zero-order valence-corrected chi connectivity index (χ0v) is 16.5. The van der Waals surface area contributed by atoms with Crippen LogP contribution in [0.5, 0.6) is 11.5 Å². The van der Waals surface area contributed by atoms with Gasteiger partial charge in [-0.25, -0.2) is 4.98 Å². The highest BCUT2D eigenvalue weighted by Crippen LogP contribution is 2.16. The smallest absolute Gasteiger partial charge is 0.237 e. The van der Waals surface area contributed by atoms with E-state index in [0.29, 0.717) is 25.3 Å². The Kier molecular flexibility index (Phi) is 7.24. The fourth-order valence-corrected chi connectivity index (χ4v) is 2.86. The number of benzene rings is 2. The molecule has 3 N–H and O–H groups in total. The molecule has 0 spiro atoms. The molecule has 0 radical (unpaired) electrons. The average molecular weight is 394 g/mol. The van der Waals surface area contributed by atoms with Crippen molar-refractivity contribution in [1.82, 2.24) is 14.9 Å². The van der Waals surface area contributed by atoms with Gasteiger partial charge in [-0.3, -0.25) is 4.79 Å². The van der Waals surface area contributed by atoms with E-state index in [9.17, 15) is 4.79 Å². The fraction of sp³-hybridized carbons (Fsp3) is 0.273. The Morgan fingerprint density at radius 1 is 1.14 bits per heavy atom. The Balaban J connectivity index is 1.38. The maximum absolute atomic E-state index is 12.2. The standard InChI is InChI=1S/C22H26N4O3/c1-28-19-7-9-20(10-8-19)29-12-11-24-22(27)21(23)13-18-15-26(16-25-18)14-17-5-3-2-4-6-17/h2-10,15-16,21H,11-14,23H2,1H3,(H,24,27)/t21-/m0/s1. The average Bonchev–Trinajstić information content (AvgIpc) is 3.18. The van der Waals surface area contributed by atoms with Gasteiger partial charge in [-0.2, -0.15) is 0 Å². The Morgan fingerprint density at radius 3 is 2.59 bits per heavy atom. The van der Waals surface area contributed by atoms with Gasteiger partial charge in [0.25, 0.3) is 0 Å². The van der Waals surface area contributed by atoms with Crippen LogP contribution in [0.15, 0.2) is 67.1 Å². The molecule has 29 heavy (non-hydrogen) atoms. The van der Waals surface area contributed by atoms with Crippen LogP contribution in [0, 0.1) is 0 Å². The Morgan fingerprint density at radius 2 is 1.86 bits per heavy atom. The number of hydrogen-bond donors (Lipinski definition) is 2. The fourth-order valence-electron chi connectivity index (χ4n) is 2.86. The molecule has 1 amide bonds. The second-order valence-electron chi connectivity index (χ2n) is 6.65. The number of ether oxygens (including phenoxy) is 2. The molecule has 152 valence electrons. The van der Waals surface area contributed by atoms with Gasteiger partial charge in [0.1, 0.15) is 18.1 Å². The van der Waals surface area contributed by atoms with E-state index in [2.05, 4.69) is 22.4 Å². The van der Waals surface area contributed by atoms with Crippen LogP contribution in [0.4, 0.5) is 0 Å². The first kappa shape index (κ1) is 20.4. The van der Waals surface area contributed by atoms with Crippen molar-refractivity contribution in [2.75, 3.05) is 20.3 Å². The van der Waals surface area contributed by atoms with Crippen molar-refractivity contribution in [2.24, 2.45) is 5.73 Å². The van der Waals surface area contributed by atoms with Gasteiger partial charge in [0.05, 0.1) is 31.7 Å². The second kappa shape index (κ2) is 10.3. The van der Waals surface area contributed by atoms with Gasteiger partial charge in [-0.1, -0.05) is 30.3 Å². The summed E-state index contributed by atoms with van der Waals surface area (Å²) in [5.74, 6) is 1.26. The van der Waals surface area contributed by atoms with Crippen molar-refractivity contribution in [3.63, 3.8) is 0 Å². The summed E-state index contributed by atoms with van der Waals surface area (Å²) in [5.41, 5.74) is 8.00. The Bertz CT molecular complexity index is 894. The van der Waals surface area contributed by atoms with Gasteiger partial charge < -0.3 is 25.1 Å². The zero-order chi connectivity index (χ0) is 20.5. The molecule has 0 bridgehead atoms. The van der Waals surface area contributed by atoms with Gasteiger partial charge >= 0.3 is 0 Å². The van der Waals surface area contributed by atoms with Crippen LogP contribution in [-0.4, -0.2) is 41.8 Å². The predicted octanol–water partition coefficient (Wildman–Crippen LogP) is 2.00. The lowest BCUT2D eigenvalue weighted by Crippen LogP contribution is -2.43. The molecule has 0 saturated heterocycles. The largest absolute Gasteiger partial charge is 0.497 e. The van der Waals surface area contributed by atoms with Gasteiger partial charge in [-0.05, 0) is 29.8 Å². The lowest BCUT2D eigenvalue weighted by molar-refractivity contribution is -0.122. The highest BCUT2D eigenvalue weighted by molar-refractivity contribution is 5.81. The summed E-state index contributed by atoms with van der Waals surface area (Å²) in [6.07, 6.45) is 4.07. The van der Waals surface area contributed by atoms with Crippen molar-refractivity contribution in [3.05, 3.63) is 78.4 Å². The van der Waals surface area contributed by atoms with Crippen LogP contribution in [0.3, 0.4) is 0 Å². The number of carbonyl (C=O) groups excluding carboxylic acids is 1. The van der Waals surface area contributed by atoms with Gasteiger partial charge in [0, 0.05) is 19.2 Å². The number of nitrogens with one attached hydrogen (secondary N) is 1. The third-order valence-electron chi connectivity index (χ3n) is 4.39. The van der Waals surface area contributed by atoms with Gasteiger partial charge in [0.2, 0.25) is 5.91 Å². The zero-order valence-electron chi connectivity index (χ0n) is 16.5. The molecule has 1 aromatic heterocycles. The molecule has 0 unspecified atom stereocenters. The quantitative estimate of drug-likeness (QED) is 0.513. The van der Waals surface area contributed by atoms with Crippen molar-refractivity contribution >= 4 is 5.91 Å². The first-order valence-electron chi connectivity index (χ1n) is 9.49. The second-order valence-corrected chi connectivity index (χ2v) is 6.65. The van der Waals surface area contributed by atoms with Crippen LogP contribution in [0.2, 0.25) is 0 Å². The van der Waals surface area contributed by atoms with Crippen LogP contribution in [0.25, 0.3) is 0 Å². The molecule has 3 aromatic rings. The van der Waals surface area contributed by atoms with Gasteiger partial charge in [-0.15, -0.1) is 0 Å². The Hall–Kier alpha value is -3.32. The van der Waals surface area contributed by atoms with Crippen LogP contribution in [0.1, 0.15) is 11.3 Å². The minimum Gasteiger partial charge on any atom is -0.497 e. The number of imidazole rings is 1. The van der Waals surface area contributed by atoms with E-state index < -0.39 is 6.04 Å². The monoisotopic (exact) mass is 394 g/mol. The third-order valence-corrected chi connectivity index (χ3v) is 4.39. The minimum atomic E-state index is -0.656. The number of aromatic nitrogens is 2. The molecule has 1 atom stereocenters. The van der Waals surface area contributed by atoms with E-state index in [0.717, 1.165) is 18.0 Å².